The molecular formula is C21H24F3N5O+2. The Labute approximate surface area is 172 Å². The number of anilines is 1. The minimum absolute atomic E-state index is 0.588. The molecule has 30 heavy (non-hydrogen) atoms. The Morgan fingerprint density at radius 3 is 2.43 bits per heavy atom. The normalized spacial score (nSPS) is 15.5. The second-order valence-electron chi connectivity index (χ2n) is 7.44. The van der Waals surface area contributed by atoms with Crippen molar-refractivity contribution in [1.29, 1.82) is 0 Å². The van der Waals surface area contributed by atoms with E-state index in [9.17, 15) is 13.2 Å². The first-order chi connectivity index (χ1) is 14.4. The van der Waals surface area contributed by atoms with Crippen LogP contribution < -0.4 is 14.8 Å². The molecule has 2 aromatic heterocycles. The summed E-state index contributed by atoms with van der Waals surface area (Å²) in [5.74, 6) is 1.87. The molecule has 0 unspecified atom stereocenters. The molecule has 0 saturated carbocycles. The molecule has 9 heteroatoms. The largest absolute Gasteiger partial charge is 0.419 e. The third-order valence-corrected chi connectivity index (χ3v) is 5.42. The van der Waals surface area contributed by atoms with Crippen molar-refractivity contribution >= 4 is 5.82 Å². The van der Waals surface area contributed by atoms with Crippen LogP contribution in [0, 0.1) is 0 Å². The molecule has 0 bridgehead atoms. The smallest absolute Gasteiger partial charge is 0.333 e. The number of benzene rings is 1. The lowest BCUT2D eigenvalue weighted by Gasteiger charge is -2.27. The zero-order valence-electron chi connectivity index (χ0n) is 16.7. The SMILES string of the molecule is CCc1ccc(-c2noc(C[NH+]3CCN(c4ccc(C(F)(F)F)c[nH+]4)CC3)n2)cc1. The van der Waals surface area contributed by atoms with Crippen LogP contribution in [0.15, 0.2) is 47.1 Å². The number of alkyl halides is 3. The number of aryl methyl sites for hydroxylation is 1. The average Bonchev–Trinajstić information content (AvgIpc) is 3.22. The third kappa shape index (κ3) is 4.62. The van der Waals surface area contributed by atoms with Gasteiger partial charge in [0.1, 0.15) is 32.4 Å². The summed E-state index contributed by atoms with van der Waals surface area (Å²) in [4.78, 5) is 10.6. The summed E-state index contributed by atoms with van der Waals surface area (Å²) in [5, 5.41) is 4.09. The third-order valence-electron chi connectivity index (χ3n) is 5.42. The van der Waals surface area contributed by atoms with Crippen molar-refractivity contribution in [2.24, 2.45) is 0 Å². The minimum Gasteiger partial charge on any atom is -0.333 e. The van der Waals surface area contributed by atoms with Crippen molar-refractivity contribution in [1.82, 2.24) is 10.1 Å². The summed E-state index contributed by atoms with van der Waals surface area (Å²) in [6, 6.07) is 10.7. The quantitative estimate of drug-likeness (QED) is 0.688. The number of rotatable bonds is 5. The van der Waals surface area contributed by atoms with Crippen molar-refractivity contribution in [3.05, 3.63) is 59.6 Å². The van der Waals surface area contributed by atoms with Gasteiger partial charge in [-0.25, -0.2) is 4.98 Å². The van der Waals surface area contributed by atoms with Crippen LogP contribution in [0.3, 0.4) is 0 Å². The molecule has 1 saturated heterocycles. The number of pyridine rings is 1. The standard InChI is InChI=1S/C21H22F3N5O/c1-2-15-3-5-16(6-4-15)20-26-19(30-27-20)14-28-9-11-29(12-10-28)18-8-7-17(13-25-18)21(22,23)24/h3-8,13H,2,9-12,14H2,1H3/p+2. The maximum Gasteiger partial charge on any atom is 0.419 e. The van der Waals surface area contributed by atoms with Gasteiger partial charge in [-0.15, -0.1) is 0 Å². The van der Waals surface area contributed by atoms with Gasteiger partial charge in [-0.1, -0.05) is 36.3 Å². The molecule has 1 aliphatic heterocycles. The molecule has 6 nitrogen and oxygen atoms in total. The lowest BCUT2D eigenvalue weighted by molar-refractivity contribution is -0.915. The van der Waals surface area contributed by atoms with Crippen LogP contribution in [-0.4, -0.2) is 36.3 Å². The Morgan fingerprint density at radius 2 is 1.83 bits per heavy atom. The van der Waals surface area contributed by atoms with E-state index in [0.717, 1.165) is 50.4 Å². The van der Waals surface area contributed by atoms with E-state index in [1.807, 2.05) is 12.1 Å². The molecule has 2 N–H and O–H groups in total. The Bertz CT molecular complexity index is 962. The van der Waals surface area contributed by atoms with Crippen molar-refractivity contribution in [2.45, 2.75) is 26.1 Å². The highest BCUT2D eigenvalue weighted by Crippen LogP contribution is 2.28. The molecule has 0 radical (unpaired) electrons. The molecule has 0 spiro atoms. The van der Waals surface area contributed by atoms with Crippen LogP contribution in [0.4, 0.5) is 19.0 Å². The van der Waals surface area contributed by atoms with Crippen molar-refractivity contribution in [3.63, 3.8) is 0 Å². The summed E-state index contributed by atoms with van der Waals surface area (Å²) in [6.45, 7) is 5.87. The topological polar surface area (TPSA) is 60.7 Å². The van der Waals surface area contributed by atoms with Gasteiger partial charge in [0.2, 0.25) is 5.82 Å². The molecular weight excluding hydrogens is 395 g/mol. The second kappa shape index (κ2) is 8.43. The Hall–Kier alpha value is -2.94. The predicted octanol–water partition coefficient (Wildman–Crippen LogP) is 2.04. The van der Waals surface area contributed by atoms with Gasteiger partial charge >= 0.3 is 6.18 Å². The van der Waals surface area contributed by atoms with Crippen molar-refractivity contribution < 1.29 is 27.6 Å². The Balaban J connectivity index is 1.32. The highest BCUT2D eigenvalue weighted by Gasteiger charge is 2.33. The number of nitrogens with one attached hydrogen (secondary N) is 2. The Kier molecular flexibility index (Phi) is 5.72. The highest BCUT2D eigenvalue weighted by molar-refractivity contribution is 5.54. The van der Waals surface area contributed by atoms with Gasteiger partial charge < -0.3 is 9.42 Å². The van der Waals surface area contributed by atoms with E-state index in [1.165, 1.54) is 16.5 Å². The number of hydrogen-bond donors (Lipinski definition) is 1. The Morgan fingerprint density at radius 1 is 1.10 bits per heavy atom. The number of quaternary nitrogens is 1. The monoisotopic (exact) mass is 419 g/mol. The van der Waals surface area contributed by atoms with E-state index in [1.54, 1.807) is 0 Å². The van der Waals surface area contributed by atoms with Gasteiger partial charge in [-0.2, -0.15) is 18.2 Å². The number of H-pyrrole nitrogens is 1. The van der Waals surface area contributed by atoms with E-state index in [-0.39, 0.29) is 0 Å². The maximum absolute atomic E-state index is 12.7. The van der Waals surface area contributed by atoms with E-state index >= 15 is 0 Å². The zero-order valence-corrected chi connectivity index (χ0v) is 16.7. The molecule has 4 rings (SSSR count). The number of halogens is 3. The van der Waals surface area contributed by atoms with Crippen LogP contribution in [-0.2, 0) is 19.1 Å². The molecule has 1 fully saturated rings. The predicted molar refractivity (Wildman–Crippen MR) is 104 cm³/mol. The van der Waals surface area contributed by atoms with E-state index < -0.39 is 11.7 Å². The van der Waals surface area contributed by atoms with E-state index in [0.29, 0.717) is 24.1 Å². The van der Waals surface area contributed by atoms with Gasteiger partial charge in [0.15, 0.2) is 6.54 Å². The van der Waals surface area contributed by atoms with Gasteiger partial charge in [-0.3, -0.25) is 4.90 Å². The van der Waals surface area contributed by atoms with Gasteiger partial charge in [0.25, 0.3) is 11.7 Å². The molecule has 0 amide bonds. The number of nitrogens with zero attached hydrogens (tertiary/aromatic N) is 3. The number of aromatic nitrogens is 3. The van der Waals surface area contributed by atoms with Crippen molar-refractivity contribution in [2.75, 3.05) is 31.1 Å². The zero-order chi connectivity index (χ0) is 21.1. The number of hydrogen-bond acceptors (Lipinski definition) is 4. The fourth-order valence-electron chi connectivity index (χ4n) is 3.58. The molecule has 3 heterocycles. The second-order valence-corrected chi connectivity index (χ2v) is 7.44. The van der Waals surface area contributed by atoms with Crippen LogP contribution in [0.5, 0.6) is 0 Å². The maximum atomic E-state index is 12.7. The molecule has 0 atom stereocenters. The molecule has 158 valence electrons. The lowest BCUT2D eigenvalue weighted by atomic mass is 10.1. The summed E-state index contributed by atoms with van der Waals surface area (Å²) in [6.07, 6.45) is -2.34. The van der Waals surface area contributed by atoms with Crippen LogP contribution >= 0.6 is 0 Å². The summed E-state index contributed by atoms with van der Waals surface area (Å²) < 4.78 is 43.5. The number of piperazine rings is 1. The summed E-state index contributed by atoms with van der Waals surface area (Å²) >= 11 is 0. The van der Waals surface area contributed by atoms with E-state index in [2.05, 4.69) is 39.1 Å². The summed E-state index contributed by atoms with van der Waals surface area (Å²) in [7, 11) is 0. The summed E-state index contributed by atoms with van der Waals surface area (Å²) in [5.41, 5.74) is 1.52. The van der Waals surface area contributed by atoms with Crippen LogP contribution in [0.2, 0.25) is 0 Å². The molecule has 1 aliphatic rings. The van der Waals surface area contributed by atoms with Crippen LogP contribution in [0.25, 0.3) is 11.4 Å². The average molecular weight is 419 g/mol. The van der Waals surface area contributed by atoms with Gasteiger partial charge in [0, 0.05) is 11.6 Å². The van der Waals surface area contributed by atoms with Gasteiger partial charge in [0.05, 0.1) is 5.56 Å². The fraction of sp³-hybridized carbons (Fsp3) is 0.381. The van der Waals surface area contributed by atoms with Crippen molar-refractivity contribution in [3.8, 4) is 11.4 Å². The molecule has 3 aromatic rings. The first kappa shape index (κ1) is 20.3. The first-order valence-corrected chi connectivity index (χ1v) is 10.0. The first-order valence-electron chi connectivity index (χ1n) is 10.0. The minimum atomic E-state index is -4.33. The number of aromatic amines is 1. The lowest BCUT2D eigenvalue weighted by Crippen LogP contribution is -3.13. The van der Waals surface area contributed by atoms with Gasteiger partial charge in [-0.05, 0) is 18.1 Å². The molecule has 1 aromatic carbocycles. The molecule has 0 aliphatic carbocycles. The van der Waals surface area contributed by atoms with Crippen LogP contribution in [0.1, 0.15) is 23.9 Å². The fourth-order valence-corrected chi connectivity index (χ4v) is 3.58. The van der Waals surface area contributed by atoms with E-state index in [4.69, 9.17) is 4.52 Å². The highest BCUT2D eigenvalue weighted by atomic mass is 19.4.